The van der Waals surface area contributed by atoms with E-state index in [0.717, 1.165) is 23.4 Å². The van der Waals surface area contributed by atoms with Crippen LogP contribution in [0.2, 0.25) is 0 Å². The zero-order valence-corrected chi connectivity index (χ0v) is 15.5. The lowest BCUT2D eigenvalue weighted by Gasteiger charge is -2.32. The van der Waals surface area contributed by atoms with E-state index in [9.17, 15) is 9.59 Å². The van der Waals surface area contributed by atoms with Gasteiger partial charge in [0.25, 0.3) is 0 Å². The zero-order chi connectivity index (χ0) is 19.1. The Kier molecular flexibility index (Phi) is 6.57. The topological polar surface area (TPSA) is 70.7 Å². The first-order valence-electron chi connectivity index (χ1n) is 9.12. The molecule has 2 aromatic carbocycles. The van der Waals surface area contributed by atoms with E-state index < -0.39 is 0 Å². The molecule has 2 amide bonds. The molecule has 1 aliphatic rings. The highest BCUT2D eigenvalue weighted by Crippen LogP contribution is 2.21. The molecule has 0 spiro atoms. The minimum Gasteiger partial charge on any atom is -0.371 e. The Morgan fingerprint density at radius 1 is 1.11 bits per heavy atom. The lowest BCUT2D eigenvalue weighted by atomic mass is 10.1. The van der Waals surface area contributed by atoms with Gasteiger partial charge in [-0.25, -0.2) is 0 Å². The van der Waals surface area contributed by atoms with E-state index in [1.165, 1.54) is 6.92 Å². The molecule has 0 aliphatic carbocycles. The third-order valence-corrected chi connectivity index (χ3v) is 4.45. The van der Waals surface area contributed by atoms with Crippen molar-refractivity contribution in [2.45, 2.75) is 19.6 Å². The number of rotatable bonds is 6. The predicted octanol–water partition coefficient (Wildman–Crippen LogP) is 2.33. The number of anilines is 1. The number of hydrogen-bond acceptors (Lipinski definition) is 4. The minimum absolute atomic E-state index is 0.00495. The van der Waals surface area contributed by atoms with Crippen LogP contribution in [-0.2, 0) is 20.9 Å². The molecule has 142 valence electrons. The molecule has 3 rings (SSSR count). The standard InChI is InChI=1S/C21H25N3O3/c1-16(25)23-19-9-7-17(8-10-19)13-22-21(26)15-24-11-12-27-20(14-24)18-5-3-2-4-6-18/h2-10,20H,11-15H2,1H3,(H,22,26)(H,23,25). The van der Waals surface area contributed by atoms with E-state index >= 15 is 0 Å². The quantitative estimate of drug-likeness (QED) is 0.822. The number of nitrogens with zero attached hydrogens (tertiary/aromatic N) is 1. The van der Waals surface area contributed by atoms with Crippen LogP contribution in [0.5, 0.6) is 0 Å². The predicted molar refractivity (Wildman–Crippen MR) is 104 cm³/mol. The van der Waals surface area contributed by atoms with Crippen LogP contribution >= 0.6 is 0 Å². The van der Waals surface area contributed by atoms with Crippen LogP contribution in [0.25, 0.3) is 0 Å². The minimum atomic E-state index is -0.102. The van der Waals surface area contributed by atoms with Crippen molar-refractivity contribution >= 4 is 17.5 Å². The van der Waals surface area contributed by atoms with Crippen molar-refractivity contribution in [3.8, 4) is 0 Å². The van der Waals surface area contributed by atoms with Gasteiger partial charge in [0.2, 0.25) is 11.8 Å². The second-order valence-electron chi connectivity index (χ2n) is 6.66. The highest BCUT2D eigenvalue weighted by molar-refractivity contribution is 5.88. The van der Waals surface area contributed by atoms with Crippen molar-refractivity contribution in [1.29, 1.82) is 0 Å². The molecule has 1 aliphatic heterocycles. The number of nitrogens with one attached hydrogen (secondary N) is 2. The van der Waals surface area contributed by atoms with Crippen molar-refractivity contribution in [2.75, 3.05) is 31.6 Å². The molecule has 0 aromatic heterocycles. The van der Waals surface area contributed by atoms with E-state index in [4.69, 9.17) is 4.74 Å². The SMILES string of the molecule is CC(=O)Nc1ccc(CNC(=O)CN2CCOC(c3ccccc3)C2)cc1. The number of carbonyl (C=O) groups is 2. The largest absolute Gasteiger partial charge is 0.371 e. The Labute approximate surface area is 159 Å². The van der Waals surface area contributed by atoms with Crippen LogP contribution in [0.3, 0.4) is 0 Å². The number of carbonyl (C=O) groups excluding carboxylic acids is 2. The number of morpholine rings is 1. The zero-order valence-electron chi connectivity index (χ0n) is 15.5. The van der Waals surface area contributed by atoms with Crippen LogP contribution in [0, 0.1) is 0 Å². The maximum Gasteiger partial charge on any atom is 0.234 e. The molecule has 1 atom stereocenters. The summed E-state index contributed by atoms with van der Waals surface area (Å²) in [7, 11) is 0. The van der Waals surface area contributed by atoms with Gasteiger partial charge in [-0.1, -0.05) is 42.5 Å². The van der Waals surface area contributed by atoms with Crippen LogP contribution in [-0.4, -0.2) is 43.0 Å². The van der Waals surface area contributed by atoms with Gasteiger partial charge in [-0.15, -0.1) is 0 Å². The molecule has 1 heterocycles. The van der Waals surface area contributed by atoms with Crippen molar-refractivity contribution < 1.29 is 14.3 Å². The summed E-state index contributed by atoms with van der Waals surface area (Å²) < 4.78 is 5.84. The molecule has 1 fully saturated rings. The van der Waals surface area contributed by atoms with E-state index in [0.29, 0.717) is 26.2 Å². The fraction of sp³-hybridized carbons (Fsp3) is 0.333. The summed E-state index contributed by atoms with van der Waals surface area (Å²) in [5.74, 6) is -0.106. The molecule has 0 radical (unpaired) electrons. The summed E-state index contributed by atoms with van der Waals surface area (Å²) in [6, 6.07) is 17.5. The summed E-state index contributed by atoms with van der Waals surface area (Å²) in [6.07, 6.45) is 0.00840. The second kappa shape index (κ2) is 9.30. The molecule has 2 aromatic rings. The first-order valence-corrected chi connectivity index (χ1v) is 9.12. The van der Waals surface area contributed by atoms with Crippen molar-refractivity contribution in [3.05, 3.63) is 65.7 Å². The Balaban J connectivity index is 1.45. The lowest BCUT2D eigenvalue weighted by molar-refractivity contribution is -0.124. The molecule has 1 saturated heterocycles. The lowest BCUT2D eigenvalue weighted by Crippen LogP contribution is -2.44. The van der Waals surface area contributed by atoms with Crippen LogP contribution < -0.4 is 10.6 Å². The third kappa shape index (κ3) is 5.91. The summed E-state index contributed by atoms with van der Waals surface area (Å²) in [6.45, 7) is 4.38. The van der Waals surface area contributed by atoms with Gasteiger partial charge in [0, 0.05) is 32.2 Å². The monoisotopic (exact) mass is 367 g/mol. The summed E-state index contributed by atoms with van der Waals surface area (Å²) in [5, 5.41) is 5.68. The van der Waals surface area contributed by atoms with Gasteiger partial charge in [-0.05, 0) is 23.3 Å². The second-order valence-corrected chi connectivity index (χ2v) is 6.66. The molecule has 27 heavy (non-hydrogen) atoms. The van der Waals surface area contributed by atoms with Gasteiger partial charge < -0.3 is 15.4 Å². The number of ether oxygens (including phenoxy) is 1. The maximum atomic E-state index is 12.3. The number of hydrogen-bond donors (Lipinski definition) is 2. The van der Waals surface area contributed by atoms with Gasteiger partial charge in [0.15, 0.2) is 0 Å². The first-order chi connectivity index (χ1) is 13.1. The van der Waals surface area contributed by atoms with Gasteiger partial charge in [0.1, 0.15) is 0 Å². The average Bonchev–Trinajstić information content (AvgIpc) is 2.68. The smallest absolute Gasteiger partial charge is 0.234 e. The maximum absolute atomic E-state index is 12.3. The Hall–Kier alpha value is -2.70. The third-order valence-electron chi connectivity index (χ3n) is 4.45. The Morgan fingerprint density at radius 2 is 1.85 bits per heavy atom. The first kappa shape index (κ1) is 19.1. The van der Waals surface area contributed by atoms with E-state index in [1.54, 1.807) is 0 Å². The normalized spacial score (nSPS) is 17.3. The van der Waals surface area contributed by atoms with Crippen LogP contribution in [0.1, 0.15) is 24.2 Å². The van der Waals surface area contributed by atoms with Gasteiger partial charge in [-0.2, -0.15) is 0 Å². The fourth-order valence-electron chi connectivity index (χ4n) is 3.08. The molecular formula is C21H25N3O3. The average molecular weight is 367 g/mol. The fourth-order valence-corrected chi connectivity index (χ4v) is 3.08. The van der Waals surface area contributed by atoms with E-state index in [1.807, 2.05) is 42.5 Å². The van der Waals surface area contributed by atoms with Crippen LogP contribution in [0.15, 0.2) is 54.6 Å². The molecule has 6 nitrogen and oxygen atoms in total. The molecule has 0 saturated carbocycles. The summed E-state index contributed by atoms with van der Waals surface area (Å²) in [4.78, 5) is 25.4. The van der Waals surface area contributed by atoms with Gasteiger partial charge in [0.05, 0.1) is 19.3 Å². The van der Waals surface area contributed by atoms with E-state index in [-0.39, 0.29) is 17.9 Å². The Bertz CT molecular complexity index is 762. The van der Waals surface area contributed by atoms with E-state index in [2.05, 4.69) is 27.7 Å². The summed E-state index contributed by atoms with van der Waals surface area (Å²) in [5.41, 5.74) is 2.88. The molecule has 2 N–H and O–H groups in total. The van der Waals surface area contributed by atoms with Crippen molar-refractivity contribution in [2.24, 2.45) is 0 Å². The molecule has 1 unspecified atom stereocenters. The van der Waals surface area contributed by atoms with Crippen molar-refractivity contribution in [1.82, 2.24) is 10.2 Å². The Morgan fingerprint density at radius 3 is 2.56 bits per heavy atom. The van der Waals surface area contributed by atoms with Crippen LogP contribution in [0.4, 0.5) is 5.69 Å². The van der Waals surface area contributed by atoms with Gasteiger partial charge in [-0.3, -0.25) is 14.5 Å². The highest BCUT2D eigenvalue weighted by atomic mass is 16.5. The molecular weight excluding hydrogens is 342 g/mol. The van der Waals surface area contributed by atoms with Crippen molar-refractivity contribution in [3.63, 3.8) is 0 Å². The number of benzene rings is 2. The van der Waals surface area contributed by atoms with Gasteiger partial charge >= 0.3 is 0 Å². The summed E-state index contributed by atoms with van der Waals surface area (Å²) >= 11 is 0. The molecule has 0 bridgehead atoms. The molecule has 6 heteroatoms. The number of amides is 2. The highest BCUT2D eigenvalue weighted by Gasteiger charge is 2.23.